The Balaban J connectivity index is 1.39. The quantitative estimate of drug-likeness (QED) is 0.569. The monoisotopic (exact) mass is 489 g/mol. The van der Waals surface area contributed by atoms with Crippen molar-refractivity contribution in [1.29, 1.82) is 0 Å². The van der Waals surface area contributed by atoms with Crippen molar-refractivity contribution in [1.82, 2.24) is 9.88 Å². The second kappa shape index (κ2) is 9.13. The molecule has 7 nitrogen and oxygen atoms in total. The van der Waals surface area contributed by atoms with E-state index in [1.165, 1.54) is 22.7 Å². The molecule has 0 fully saturated rings. The number of hydrogen-bond acceptors (Lipinski definition) is 7. The topological polar surface area (TPSA) is 96.4 Å². The van der Waals surface area contributed by atoms with E-state index in [1.807, 2.05) is 11.4 Å². The lowest BCUT2D eigenvalue weighted by atomic mass is 10.1. The number of sulfone groups is 1. The fourth-order valence-corrected chi connectivity index (χ4v) is 6.08. The van der Waals surface area contributed by atoms with Crippen LogP contribution in [0.25, 0.3) is 0 Å². The predicted molar refractivity (Wildman–Crippen MR) is 126 cm³/mol. The number of amides is 2. The fourth-order valence-electron chi connectivity index (χ4n) is 3.38. The summed E-state index contributed by atoms with van der Waals surface area (Å²) in [6.07, 6.45) is 0.843. The molecule has 3 aromatic rings. The molecule has 2 amide bonds. The molecule has 168 valence electrons. The minimum atomic E-state index is -3.33. The SMILES string of the molecule is CC(C)S(=O)(=O)c1ccc(CC(=O)N2CCc3nc(NC(=O)c4cccs4)sc3C2)cc1. The number of fused-ring (bicyclic) bond motifs is 1. The predicted octanol–water partition coefficient (Wildman–Crippen LogP) is 3.77. The Morgan fingerprint density at radius 2 is 1.94 bits per heavy atom. The zero-order valence-corrected chi connectivity index (χ0v) is 20.1. The van der Waals surface area contributed by atoms with Gasteiger partial charge in [0, 0.05) is 17.8 Å². The third kappa shape index (κ3) is 4.77. The third-order valence-corrected chi connectivity index (χ3v) is 9.31. The van der Waals surface area contributed by atoms with E-state index in [0.717, 1.165) is 16.1 Å². The highest BCUT2D eigenvalue weighted by molar-refractivity contribution is 7.92. The number of aromatic nitrogens is 1. The van der Waals surface area contributed by atoms with Crippen molar-refractivity contribution in [3.63, 3.8) is 0 Å². The van der Waals surface area contributed by atoms with E-state index in [4.69, 9.17) is 0 Å². The lowest BCUT2D eigenvalue weighted by Gasteiger charge is -2.26. The highest BCUT2D eigenvalue weighted by Crippen LogP contribution is 2.29. The van der Waals surface area contributed by atoms with Gasteiger partial charge in [0.05, 0.1) is 33.7 Å². The first kappa shape index (κ1) is 22.6. The number of carbonyl (C=O) groups is 2. The van der Waals surface area contributed by atoms with Crippen LogP contribution in [0.3, 0.4) is 0 Å². The van der Waals surface area contributed by atoms with Crippen molar-refractivity contribution < 1.29 is 18.0 Å². The van der Waals surface area contributed by atoms with Crippen molar-refractivity contribution in [2.75, 3.05) is 11.9 Å². The molecule has 0 atom stereocenters. The molecule has 1 aliphatic rings. The molecule has 3 heterocycles. The lowest BCUT2D eigenvalue weighted by molar-refractivity contribution is -0.131. The number of nitrogens with zero attached hydrogens (tertiary/aromatic N) is 2. The Hall–Kier alpha value is -2.56. The van der Waals surface area contributed by atoms with E-state index < -0.39 is 15.1 Å². The molecule has 0 unspecified atom stereocenters. The Bertz CT molecular complexity index is 1230. The highest BCUT2D eigenvalue weighted by atomic mass is 32.2. The lowest BCUT2D eigenvalue weighted by Crippen LogP contribution is -2.36. The minimum Gasteiger partial charge on any atom is -0.337 e. The van der Waals surface area contributed by atoms with Crippen LogP contribution in [0.5, 0.6) is 0 Å². The normalized spacial score (nSPS) is 13.8. The molecule has 0 saturated heterocycles. The van der Waals surface area contributed by atoms with Gasteiger partial charge in [0.1, 0.15) is 0 Å². The molecule has 10 heteroatoms. The van der Waals surface area contributed by atoms with E-state index in [9.17, 15) is 18.0 Å². The van der Waals surface area contributed by atoms with Crippen LogP contribution in [0.2, 0.25) is 0 Å². The van der Waals surface area contributed by atoms with Gasteiger partial charge in [0.2, 0.25) is 5.91 Å². The van der Waals surface area contributed by atoms with Gasteiger partial charge in [-0.25, -0.2) is 13.4 Å². The maximum Gasteiger partial charge on any atom is 0.267 e. The standard InChI is InChI=1S/C22H23N3O4S3/c1-14(2)32(28,29)16-7-5-15(6-8-16)12-20(26)25-10-9-17-19(13-25)31-22(23-17)24-21(27)18-4-3-11-30-18/h3-8,11,14H,9-10,12-13H2,1-2H3,(H,23,24,27). The fraction of sp³-hybridized carbons (Fsp3) is 0.318. The van der Waals surface area contributed by atoms with Crippen LogP contribution in [0.4, 0.5) is 5.13 Å². The van der Waals surface area contributed by atoms with Crippen molar-refractivity contribution in [2.45, 2.75) is 43.4 Å². The van der Waals surface area contributed by atoms with Crippen LogP contribution in [-0.2, 0) is 34.0 Å². The van der Waals surface area contributed by atoms with Gasteiger partial charge in [-0.2, -0.15) is 0 Å². The number of carbonyl (C=O) groups excluding carboxylic acids is 2. The second-order valence-corrected chi connectivity index (χ2v) is 12.3. The summed E-state index contributed by atoms with van der Waals surface area (Å²) in [5, 5.41) is 4.74. The Morgan fingerprint density at radius 3 is 2.59 bits per heavy atom. The van der Waals surface area contributed by atoms with Crippen molar-refractivity contribution in [3.05, 3.63) is 62.8 Å². The number of anilines is 1. The van der Waals surface area contributed by atoms with Crippen LogP contribution in [-0.4, -0.2) is 41.9 Å². The number of benzene rings is 1. The van der Waals surface area contributed by atoms with Gasteiger partial charge in [-0.1, -0.05) is 29.5 Å². The number of rotatable bonds is 6. The van der Waals surface area contributed by atoms with Crippen LogP contribution in [0, 0.1) is 0 Å². The largest absolute Gasteiger partial charge is 0.337 e. The number of thiophene rings is 1. The van der Waals surface area contributed by atoms with E-state index in [0.29, 0.717) is 29.5 Å². The second-order valence-electron chi connectivity index (χ2n) is 7.80. The van der Waals surface area contributed by atoms with E-state index in [1.54, 1.807) is 49.1 Å². The summed E-state index contributed by atoms with van der Waals surface area (Å²) in [4.78, 5) is 33.3. The van der Waals surface area contributed by atoms with Crippen LogP contribution >= 0.6 is 22.7 Å². The van der Waals surface area contributed by atoms with E-state index in [2.05, 4.69) is 10.3 Å². The molecule has 32 heavy (non-hydrogen) atoms. The number of hydrogen-bond donors (Lipinski definition) is 1. The summed E-state index contributed by atoms with van der Waals surface area (Å²) in [5.41, 5.74) is 1.69. The molecule has 0 radical (unpaired) electrons. The summed E-state index contributed by atoms with van der Waals surface area (Å²) >= 11 is 2.77. The first-order chi connectivity index (χ1) is 15.2. The zero-order valence-electron chi connectivity index (χ0n) is 17.7. The molecule has 1 N–H and O–H groups in total. The summed E-state index contributed by atoms with van der Waals surface area (Å²) in [5.74, 6) is -0.199. The smallest absolute Gasteiger partial charge is 0.267 e. The molecule has 4 rings (SSSR count). The summed E-state index contributed by atoms with van der Waals surface area (Å²) < 4.78 is 24.5. The van der Waals surface area contributed by atoms with Crippen LogP contribution < -0.4 is 5.32 Å². The minimum absolute atomic E-state index is 0.0207. The maximum atomic E-state index is 12.8. The first-order valence-corrected chi connectivity index (χ1v) is 13.4. The summed E-state index contributed by atoms with van der Waals surface area (Å²) in [6.45, 7) is 4.32. The molecule has 0 spiro atoms. The Labute approximate surface area is 195 Å². The molecular formula is C22H23N3O4S3. The van der Waals surface area contributed by atoms with Crippen LogP contribution in [0.15, 0.2) is 46.7 Å². The number of thiazole rings is 1. The van der Waals surface area contributed by atoms with Crippen molar-refractivity contribution >= 4 is 49.5 Å². The van der Waals surface area contributed by atoms with Crippen LogP contribution in [0.1, 0.15) is 39.7 Å². The summed E-state index contributed by atoms with van der Waals surface area (Å²) in [7, 11) is -3.33. The van der Waals surface area contributed by atoms with Gasteiger partial charge >= 0.3 is 0 Å². The van der Waals surface area contributed by atoms with Gasteiger partial charge in [0.15, 0.2) is 15.0 Å². The average Bonchev–Trinajstić information content (AvgIpc) is 3.43. The van der Waals surface area contributed by atoms with Crippen molar-refractivity contribution in [2.24, 2.45) is 0 Å². The molecule has 0 aliphatic carbocycles. The molecular weight excluding hydrogens is 466 g/mol. The maximum absolute atomic E-state index is 12.8. The average molecular weight is 490 g/mol. The third-order valence-electron chi connectivity index (χ3n) is 5.28. The van der Waals surface area contributed by atoms with Gasteiger partial charge < -0.3 is 4.90 Å². The van der Waals surface area contributed by atoms with Gasteiger partial charge in [-0.15, -0.1) is 11.3 Å². The molecule has 1 aliphatic heterocycles. The van der Waals surface area contributed by atoms with Gasteiger partial charge in [0.25, 0.3) is 5.91 Å². The highest BCUT2D eigenvalue weighted by Gasteiger charge is 2.25. The number of nitrogens with one attached hydrogen (secondary N) is 1. The molecule has 1 aromatic carbocycles. The molecule has 2 aromatic heterocycles. The van der Waals surface area contributed by atoms with E-state index in [-0.39, 0.29) is 23.1 Å². The van der Waals surface area contributed by atoms with Gasteiger partial charge in [-0.3, -0.25) is 14.9 Å². The van der Waals surface area contributed by atoms with E-state index >= 15 is 0 Å². The van der Waals surface area contributed by atoms with Gasteiger partial charge in [-0.05, 0) is 43.0 Å². The zero-order chi connectivity index (χ0) is 22.9. The molecule has 0 saturated carbocycles. The Kier molecular flexibility index (Phi) is 6.45. The Morgan fingerprint density at radius 1 is 1.19 bits per heavy atom. The van der Waals surface area contributed by atoms with Crippen molar-refractivity contribution in [3.8, 4) is 0 Å². The molecule has 0 bridgehead atoms. The first-order valence-electron chi connectivity index (χ1n) is 10.2. The summed E-state index contributed by atoms with van der Waals surface area (Å²) in [6, 6.07) is 10.1.